The van der Waals surface area contributed by atoms with Crippen molar-refractivity contribution in [1.82, 2.24) is 14.9 Å². The molecule has 29 heavy (non-hydrogen) atoms. The third-order valence-corrected chi connectivity index (χ3v) is 5.75. The molecule has 2 aliphatic rings. The van der Waals surface area contributed by atoms with Gasteiger partial charge in [0.2, 0.25) is 0 Å². The molecule has 2 aliphatic heterocycles. The van der Waals surface area contributed by atoms with Crippen LogP contribution in [0, 0.1) is 17.2 Å². The third kappa shape index (κ3) is 3.88. The van der Waals surface area contributed by atoms with E-state index in [0.717, 1.165) is 18.7 Å². The maximum Gasteiger partial charge on any atom is 0.323 e. The van der Waals surface area contributed by atoms with Gasteiger partial charge in [-0.1, -0.05) is 6.92 Å². The number of nitriles is 1. The van der Waals surface area contributed by atoms with Crippen molar-refractivity contribution in [3.63, 3.8) is 0 Å². The Morgan fingerprint density at radius 3 is 2.66 bits per heavy atom. The topological polar surface area (TPSA) is 103 Å². The van der Waals surface area contributed by atoms with Crippen molar-refractivity contribution in [3.8, 4) is 6.07 Å². The number of hydrogen-bond acceptors (Lipinski definition) is 8. The molecular weight excluding hydrogens is 370 g/mol. The molecule has 2 saturated heterocycles. The van der Waals surface area contributed by atoms with Crippen LogP contribution in [0.1, 0.15) is 25.8 Å². The Morgan fingerprint density at radius 2 is 1.97 bits per heavy atom. The number of hydrogen-bond donors (Lipinski definition) is 1. The number of nitrogens with zero attached hydrogens (tertiary/aromatic N) is 5. The van der Waals surface area contributed by atoms with E-state index in [4.69, 9.17) is 4.74 Å². The Labute approximate surface area is 169 Å². The summed E-state index contributed by atoms with van der Waals surface area (Å²) in [6, 6.07) is 5.48. The summed E-state index contributed by atoms with van der Waals surface area (Å²) in [5.41, 5.74) is 2.67. The van der Waals surface area contributed by atoms with Crippen molar-refractivity contribution in [2.24, 2.45) is 5.92 Å². The van der Waals surface area contributed by atoms with Gasteiger partial charge in [0.05, 0.1) is 23.9 Å². The van der Waals surface area contributed by atoms with Crippen LogP contribution in [-0.4, -0.2) is 70.4 Å². The molecule has 0 bridgehead atoms. The number of rotatable bonds is 4. The standard InChI is InChI=1S/C21H25N5O3/c1-13-7-17(29-21(28)14(2)25-10-16(27)11-25)12-26(9-13)18-4-3-15(8-22)19-20(18)24-6-5-23-19/h3-6,13-14,16-17,27H,7,9-12H2,1-2H3/t13-,14?,17+/m0/s1. The first-order valence-corrected chi connectivity index (χ1v) is 9.97. The molecule has 1 N–H and O–H groups in total. The van der Waals surface area contributed by atoms with Crippen LogP contribution < -0.4 is 4.90 Å². The predicted molar refractivity (Wildman–Crippen MR) is 107 cm³/mol. The maximum atomic E-state index is 12.6. The molecule has 3 heterocycles. The zero-order valence-corrected chi connectivity index (χ0v) is 16.7. The van der Waals surface area contributed by atoms with Crippen LogP contribution in [-0.2, 0) is 9.53 Å². The number of esters is 1. The number of aliphatic hydroxyl groups excluding tert-OH is 1. The minimum atomic E-state index is -0.356. The number of carbonyl (C=O) groups is 1. The average Bonchev–Trinajstić information content (AvgIpc) is 2.69. The lowest BCUT2D eigenvalue weighted by Gasteiger charge is -2.41. The lowest BCUT2D eigenvalue weighted by Crippen LogP contribution is -2.57. The van der Waals surface area contributed by atoms with Gasteiger partial charge in [-0.2, -0.15) is 5.26 Å². The van der Waals surface area contributed by atoms with Crippen LogP contribution in [0.3, 0.4) is 0 Å². The number of carbonyl (C=O) groups excluding carboxylic acids is 1. The number of anilines is 1. The smallest absolute Gasteiger partial charge is 0.323 e. The highest BCUT2D eigenvalue weighted by atomic mass is 16.5. The predicted octanol–water partition coefficient (Wildman–Crippen LogP) is 1.32. The Hall–Kier alpha value is -2.76. The molecule has 0 spiro atoms. The van der Waals surface area contributed by atoms with Crippen molar-refractivity contribution >= 4 is 22.7 Å². The maximum absolute atomic E-state index is 12.6. The highest BCUT2D eigenvalue weighted by Crippen LogP contribution is 2.31. The molecule has 0 amide bonds. The van der Waals surface area contributed by atoms with E-state index in [1.54, 1.807) is 18.5 Å². The molecule has 0 aliphatic carbocycles. The molecule has 2 aromatic rings. The minimum absolute atomic E-state index is 0.220. The van der Waals surface area contributed by atoms with Crippen LogP contribution in [0.2, 0.25) is 0 Å². The second kappa shape index (κ2) is 7.93. The van der Waals surface area contributed by atoms with Gasteiger partial charge < -0.3 is 14.7 Å². The summed E-state index contributed by atoms with van der Waals surface area (Å²) in [5, 5.41) is 18.8. The van der Waals surface area contributed by atoms with Crippen molar-refractivity contribution in [2.45, 2.75) is 38.5 Å². The summed E-state index contributed by atoms with van der Waals surface area (Å²) >= 11 is 0. The van der Waals surface area contributed by atoms with Crippen LogP contribution in [0.15, 0.2) is 24.5 Å². The fourth-order valence-corrected chi connectivity index (χ4v) is 4.18. The quantitative estimate of drug-likeness (QED) is 0.774. The largest absolute Gasteiger partial charge is 0.459 e. The first-order chi connectivity index (χ1) is 14.0. The Morgan fingerprint density at radius 1 is 1.24 bits per heavy atom. The molecular formula is C21H25N5O3. The van der Waals surface area contributed by atoms with E-state index in [2.05, 4.69) is 27.9 Å². The van der Waals surface area contributed by atoms with Gasteiger partial charge >= 0.3 is 5.97 Å². The molecule has 8 nitrogen and oxygen atoms in total. The zero-order chi connectivity index (χ0) is 20.5. The number of fused-ring (bicyclic) bond motifs is 1. The fraction of sp³-hybridized carbons (Fsp3) is 0.524. The minimum Gasteiger partial charge on any atom is -0.459 e. The molecule has 4 rings (SSSR count). The number of piperidine rings is 1. The van der Waals surface area contributed by atoms with Crippen LogP contribution in [0.5, 0.6) is 0 Å². The number of benzene rings is 1. The number of aromatic nitrogens is 2. The summed E-state index contributed by atoms with van der Waals surface area (Å²) in [7, 11) is 0. The summed E-state index contributed by atoms with van der Waals surface area (Å²) < 4.78 is 5.83. The second-order valence-corrected chi connectivity index (χ2v) is 8.09. The summed E-state index contributed by atoms with van der Waals surface area (Å²) in [6.45, 7) is 6.38. The van der Waals surface area contributed by atoms with Crippen molar-refractivity contribution in [2.75, 3.05) is 31.1 Å². The van der Waals surface area contributed by atoms with Gasteiger partial charge in [-0.15, -0.1) is 0 Å². The summed E-state index contributed by atoms with van der Waals surface area (Å²) in [6.07, 6.45) is 3.45. The molecule has 1 aromatic carbocycles. The van der Waals surface area contributed by atoms with E-state index in [1.807, 2.05) is 17.9 Å². The van der Waals surface area contributed by atoms with Crippen molar-refractivity contribution in [1.29, 1.82) is 5.26 Å². The molecule has 2 fully saturated rings. The average molecular weight is 395 g/mol. The number of aliphatic hydroxyl groups is 1. The van der Waals surface area contributed by atoms with E-state index >= 15 is 0 Å². The molecule has 3 atom stereocenters. The van der Waals surface area contributed by atoms with E-state index in [0.29, 0.717) is 42.1 Å². The van der Waals surface area contributed by atoms with Gasteiger partial charge in [-0.05, 0) is 31.4 Å². The highest BCUT2D eigenvalue weighted by molar-refractivity contribution is 5.92. The molecule has 0 saturated carbocycles. The molecule has 1 unspecified atom stereocenters. The summed E-state index contributed by atoms with van der Waals surface area (Å²) in [5.74, 6) is 0.0884. The first-order valence-electron chi connectivity index (χ1n) is 9.97. The first kappa shape index (κ1) is 19.6. The Bertz CT molecular complexity index is 953. The van der Waals surface area contributed by atoms with Gasteiger partial charge in [0, 0.05) is 32.0 Å². The lowest BCUT2D eigenvalue weighted by atomic mass is 9.96. The van der Waals surface area contributed by atoms with Crippen molar-refractivity contribution in [3.05, 3.63) is 30.1 Å². The van der Waals surface area contributed by atoms with E-state index in [1.165, 1.54) is 0 Å². The van der Waals surface area contributed by atoms with Crippen molar-refractivity contribution < 1.29 is 14.6 Å². The Kier molecular flexibility index (Phi) is 5.35. The molecule has 1 aromatic heterocycles. The monoisotopic (exact) mass is 395 g/mol. The van der Waals surface area contributed by atoms with Gasteiger partial charge in [0.1, 0.15) is 29.2 Å². The van der Waals surface area contributed by atoms with Gasteiger partial charge in [0.15, 0.2) is 0 Å². The third-order valence-electron chi connectivity index (χ3n) is 5.75. The molecule has 152 valence electrons. The van der Waals surface area contributed by atoms with Crippen LogP contribution in [0.4, 0.5) is 5.69 Å². The highest BCUT2D eigenvalue weighted by Gasteiger charge is 2.35. The fourth-order valence-electron chi connectivity index (χ4n) is 4.18. The van der Waals surface area contributed by atoms with Gasteiger partial charge in [0.25, 0.3) is 0 Å². The number of likely N-dealkylation sites (tertiary alicyclic amines) is 1. The zero-order valence-electron chi connectivity index (χ0n) is 16.7. The number of ether oxygens (including phenoxy) is 1. The van der Waals surface area contributed by atoms with E-state index in [-0.39, 0.29) is 24.2 Å². The van der Waals surface area contributed by atoms with Crippen LogP contribution >= 0.6 is 0 Å². The molecule has 8 heteroatoms. The van der Waals surface area contributed by atoms with Gasteiger partial charge in [-0.3, -0.25) is 19.7 Å². The molecule has 0 radical (unpaired) electrons. The SMILES string of the molecule is CC(C(=O)O[C@@H]1C[C@H](C)CN(c2ccc(C#N)c3nccnc23)C1)N1CC(O)C1. The van der Waals surface area contributed by atoms with Crippen LogP contribution in [0.25, 0.3) is 11.0 Å². The number of β-amino-alcohol motifs (C(OH)–C–C–N with tert-alkyl or cyclic N) is 1. The Balaban J connectivity index is 1.52. The van der Waals surface area contributed by atoms with E-state index < -0.39 is 0 Å². The summed E-state index contributed by atoms with van der Waals surface area (Å²) in [4.78, 5) is 25.5. The normalized spacial score (nSPS) is 24.0. The van der Waals surface area contributed by atoms with Gasteiger partial charge in [-0.25, -0.2) is 0 Å². The van der Waals surface area contributed by atoms with E-state index in [9.17, 15) is 15.2 Å². The lowest BCUT2D eigenvalue weighted by molar-refractivity contribution is -0.160. The second-order valence-electron chi connectivity index (χ2n) is 8.09.